The van der Waals surface area contributed by atoms with Crippen LogP contribution in [-0.4, -0.2) is 14.5 Å². The number of benzene rings is 3. The maximum absolute atomic E-state index is 4.61. The number of hydrogen-bond donors (Lipinski definition) is 0. The summed E-state index contributed by atoms with van der Waals surface area (Å²) in [6, 6.07) is 27.5. The highest BCUT2D eigenvalue weighted by atomic mass is 15.0. The van der Waals surface area contributed by atoms with Gasteiger partial charge in [-0.15, -0.1) is 0 Å². The number of aromatic nitrogens is 3. The van der Waals surface area contributed by atoms with Crippen LogP contribution >= 0.6 is 0 Å². The number of rotatable bonds is 2. The quantitative estimate of drug-likeness (QED) is 0.353. The van der Waals surface area contributed by atoms with E-state index >= 15 is 0 Å². The minimum atomic E-state index is 1.00. The lowest BCUT2D eigenvalue weighted by Crippen LogP contribution is -1.95. The summed E-state index contributed by atoms with van der Waals surface area (Å²) < 4.78 is 2.22. The molecule has 0 saturated heterocycles. The third kappa shape index (κ3) is 2.44. The zero-order valence-electron chi connectivity index (χ0n) is 15.7. The molecule has 0 amide bonds. The molecule has 0 aliphatic carbocycles. The molecule has 3 heterocycles. The number of para-hydroxylation sites is 1. The van der Waals surface area contributed by atoms with E-state index in [9.17, 15) is 0 Å². The highest BCUT2D eigenvalue weighted by Crippen LogP contribution is 2.35. The fraction of sp³-hybridized carbons (Fsp3) is 0. The molecular formula is C26H17N3. The fourth-order valence-corrected chi connectivity index (χ4v) is 4.24. The molecule has 136 valence electrons. The van der Waals surface area contributed by atoms with E-state index in [0.29, 0.717) is 0 Å². The summed E-state index contributed by atoms with van der Waals surface area (Å²) in [6.45, 7) is 0. The zero-order valence-corrected chi connectivity index (χ0v) is 15.7. The van der Waals surface area contributed by atoms with Crippen LogP contribution in [-0.2, 0) is 0 Å². The molecular weight excluding hydrogens is 354 g/mol. The second-order valence-corrected chi connectivity index (χ2v) is 7.18. The van der Waals surface area contributed by atoms with Gasteiger partial charge >= 0.3 is 0 Å². The molecule has 0 atom stereocenters. The van der Waals surface area contributed by atoms with Gasteiger partial charge in [-0.3, -0.25) is 9.97 Å². The van der Waals surface area contributed by atoms with Gasteiger partial charge in [0, 0.05) is 34.7 Å². The van der Waals surface area contributed by atoms with Gasteiger partial charge in [0.05, 0.1) is 22.9 Å². The summed E-state index contributed by atoms with van der Waals surface area (Å²) >= 11 is 0. The van der Waals surface area contributed by atoms with E-state index in [2.05, 4.69) is 93.5 Å². The zero-order chi connectivity index (χ0) is 19.2. The van der Waals surface area contributed by atoms with Crippen molar-refractivity contribution in [3.8, 4) is 16.8 Å². The summed E-state index contributed by atoms with van der Waals surface area (Å²) in [7, 11) is 0. The summed E-state index contributed by atoms with van der Waals surface area (Å²) in [5, 5.41) is 4.69. The Morgan fingerprint density at radius 3 is 2.41 bits per heavy atom. The van der Waals surface area contributed by atoms with Crippen LogP contribution in [0, 0.1) is 0 Å². The topological polar surface area (TPSA) is 30.7 Å². The lowest BCUT2D eigenvalue weighted by Gasteiger charge is -2.13. The van der Waals surface area contributed by atoms with E-state index in [-0.39, 0.29) is 0 Å². The highest BCUT2D eigenvalue weighted by molar-refractivity contribution is 6.06. The van der Waals surface area contributed by atoms with E-state index in [1.165, 1.54) is 27.4 Å². The third-order valence-electron chi connectivity index (χ3n) is 5.58. The fourth-order valence-electron chi connectivity index (χ4n) is 4.24. The summed E-state index contributed by atoms with van der Waals surface area (Å²) in [5.74, 6) is 0. The van der Waals surface area contributed by atoms with Crippen molar-refractivity contribution in [3.63, 3.8) is 0 Å². The van der Waals surface area contributed by atoms with Gasteiger partial charge in [-0.25, -0.2) is 0 Å². The van der Waals surface area contributed by atoms with Crippen LogP contribution in [0.15, 0.2) is 104 Å². The first-order valence-corrected chi connectivity index (χ1v) is 9.67. The van der Waals surface area contributed by atoms with Crippen molar-refractivity contribution >= 4 is 32.6 Å². The molecule has 0 N–H and O–H groups in total. The van der Waals surface area contributed by atoms with Gasteiger partial charge in [-0.05, 0) is 40.8 Å². The summed E-state index contributed by atoms with van der Waals surface area (Å²) in [5.41, 5.74) is 5.62. The van der Waals surface area contributed by atoms with Crippen LogP contribution in [0.5, 0.6) is 0 Å². The smallest absolute Gasteiger partial charge is 0.0718 e. The molecule has 29 heavy (non-hydrogen) atoms. The second-order valence-electron chi connectivity index (χ2n) is 7.18. The maximum atomic E-state index is 4.61. The average molecular weight is 371 g/mol. The largest absolute Gasteiger partial charge is 0.314 e. The Bertz CT molecular complexity index is 1510. The van der Waals surface area contributed by atoms with E-state index in [0.717, 1.165) is 22.0 Å². The van der Waals surface area contributed by atoms with Gasteiger partial charge in [0.15, 0.2) is 0 Å². The van der Waals surface area contributed by atoms with Crippen molar-refractivity contribution in [3.05, 3.63) is 104 Å². The summed E-state index contributed by atoms with van der Waals surface area (Å²) in [6.07, 6.45) is 7.87. The van der Waals surface area contributed by atoms with E-state index in [1.807, 2.05) is 24.7 Å². The lowest BCUT2D eigenvalue weighted by molar-refractivity contribution is 1.12. The first-order valence-electron chi connectivity index (χ1n) is 9.67. The average Bonchev–Trinajstić information content (AvgIpc) is 3.22. The van der Waals surface area contributed by atoms with E-state index in [4.69, 9.17) is 0 Å². The van der Waals surface area contributed by atoms with Gasteiger partial charge in [0.2, 0.25) is 0 Å². The Labute approximate surface area is 167 Å². The molecule has 0 saturated carbocycles. The number of pyridine rings is 2. The summed E-state index contributed by atoms with van der Waals surface area (Å²) in [4.78, 5) is 9.13. The van der Waals surface area contributed by atoms with Crippen LogP contribution in [0.25, 0.3) is 49.4 Å². The van der Waals surface area contributed by atoms with Crippen molar-refractivity contribution in [2.24, 2.45) is 0 Å². The Morgan fingerprint density at radius 2 is 1.45 bits per heavy atom. The van der Waals surface area contributed by atoms with Crippen molar-refractivity contribution < 1.29 is 0 Å². The maximum Gasteiger partial charge on any atom is 0.0718 e. The third-order valence-corrected chi connectivity index (χ3v) is 5.58. The second kappa shape index (κ2) is 6.28. The molecule has 3 nitrogen and oxygen atoms in total. The number of fused-ring (bicyclic) bond motifs is 3. The first-order chi connectivity index (χ1) is 14.4. The van der Waals surface area contributed by atoms with Crippen molar-refractivity contribution in [1.82, 2.24) is 14.5 Å². The Balaban J connectivity index is 1.66. The molecule has 0 spiro atoms. The molecule has 0 bridgehead atoms. The predicted octanol–water partition coefficient (Wildman–Crippen LogP) is 6.39. The van der Waals surface area contributed by atoms with Crippen molar-refractivity contribution in [2.75, 3.05) is 0 Å². The van der Waals surface area contributed by atoms with Gasteiger partial charge in [0.25, 0.3) is 0 Å². The molecule has 0 fully saturated rings. The standard InChI is InChI=1S/C26H17N3/c1-2-12-25-18(6-1)13-15-29(25)26-17-27-16-23-20(7-3-9-22(23)26)19-8-4-11-24-21(19)10-5-14-28-24/h1-17H. The minimum Gasteiger partial charge on any atom is -0.314 e. The van der Waals surface area contributed by atoms with E-state index in [1.54, 1.807) is 0 Å². The van der Waals surface area contributed by atoms with Crippen molar-refractivity contribution in [2.45, 2.75) is 0 Å². The molecule has 0 unspecified atom stereocenters. The van der Waals surface area contributed by atoms with Crippen molar-refractivity contribution in [1.29, 1.82) is 0 Å². The first kappa shape index (κ1) is 16.0. The van der Waals surface area contributed by atoms with Crippen LogP contribution < -0.4 is 0 Å². The molecule has 0 aliphatic heterocycles. The van der Waals surface area contributed by atoms with Crippen LogP contribution in [0.4, 0.5) is 0 Å². The van der Waals surface area contributed by atoms with Gasteiger partial charge in [-0.1, -0.05) is 54.6 Å². The molecule has 3 aromatic heterocycles. The lowest BCUT2D eigenvalue weighted by atomic mass is 9.96. The van der Waals surface area contributed by atoms with Crippen LogP contribution in [0.1, 0.15) is 0 Å². The number of nitrogens with zero attached hydrogens (tertiary/aromatic N) is 3. The minimum absolute atomic E-state index is 1.00. The van der Waals surface area contributed by atoms with Gasteiger partial charge in [-0.2, -0.15) is 0 Å². The number of hydrogen-bond acceptors (Lipinski definition) is 2. The molecule has 3 heteroatoms. The molecule has 6 rings (SSSR count). The SMILES string of the molecule is c1ccc2c(c1)ccn2-c1cncc2c(-c3cccc4ncccc34)cccc12. The molecule has 0 radical (unpaired) electrons. The predicted molar refractivity (Wildman–Crippen MR) is 119 cm³/mol. The van der Waals surface area contributed by atoms with E-state index < -0.39 is 0 Å². The molecule has 0 aliphatic rings. The molecule has 6 aromatic rings. The van der Waals surface area contributed by atoms with Gasteiger partial charge < -0.3 is 4.57 Å². The Morgan fingerprint density at radius 1 is 0.621 bits per heavy atom. The van der Waals surface area contributed by atoms with Crippen LogP contribution in [0.2, 0.25) is 0 Å². The highest BCUT2D eigenvalue weighted by Gasteiger charge is 2.12. The normalized spacial score (nSPS) is 11.4. The van der Waals surface area contributed by atoms with Crippen LogP contribution in [0.3, 0.4) is 0 Å². The van der Waals surface area contributed by atoms with Gasteiger partial charge in [0.1, 0.15) is 0 Å². The monoisotopic (exact) mass is 371 g/mol. The Kier molecular flexibility index (Phi) is 3.47. The molecule has 3 aromatic carbocycles. The Hall–Kier alpha value is -3.98.